The Kier molecular flexibility index (Phi) is 5.47. The molecule has 2 rings (SSSR count). The van der Waals surface area contributed by atoms with Gasteiger partial charge in [-0.15, -0.1) is 0 Å². The Morgan fingerprint density at radius 3 is 2.41 bits per heavy atom. The van der Waals surface area contributed by atoms with E-state index < -0.39 is 10.0 Å². The lowest BCUT2D eigenvalue weighted by Gasteiger charge is -2.30. The Bertz CT molecular complexity index is 621. The van der Waals surface area contributed by atoms with Gasteiger partial charge in [0.1, 0.15) is 5.75 Å². The van der Waals surface area contributed by atoms with Crippen molar-refractivity contribution in [2.24, 2.45) is 0 Å². The minimum absolute atomic E-state index is 0.411. The van der Waals surface area contributed by atoms with Crippen LogP contribution >= 0.6 is 0 Å². The first-order valence-electron chi connectivity index (χ1n) is 7.91. The monoisotopic (exact) mass is 327 g/mol. The van der Waals surface area contributed by atoms with Crippen LogP contribution in [-0.2, 0) is 10.0 Å². The summed E-state index contributed by atoms with van der Waals surface area (Å²) in [6.07, 6.45) is 0.933. The van der Waals surface area contributed by atoms with Gasteiger partial charge in [-0.1, -0.05) is 6.92 Å². The molecule has 6 heteroatoms. The highest BCUT2D eigenvalue weighted by Crippen LogP contribution is 2.28. The van der Waals surface area contributed by atoms with E-state index in [1.165, 1.54) is 4.90 Å². The molecule has 0 unspecified atom stereocenters. The Morgan fingerprint density at radius 2 is 1.82 bits per heavy atom. The molecule has 1 aromatic carbocycles. The van der Waals surface area contributed by atoms with Crippen LogP contribution in [0.3, 0.4) is 0 Å². The largest absolute Gasteiger partial charge is 0.493 e. The van der Waals surface area contributed by atoms with E-state index in [1.54, 1.807) is 10.4 Å². The molecule has 1 aliphatic heterocycles. The molecule has 0 saturated carbocycles. The predicted octanol–water partition coefficient (Wildman–Crippen LogP) is 0.611. The first-order chi connectivity index (χ1) is 10.4. The molecular formula is C16H27N2O3S+. The Morgan fingerprint density at radius 1 is 1.18 bits per heavy atom. The zero-order valence-electron chi connectivity index (χ0n) is 14.0. The molecule has 0 radical (unpaired) electrons. The van der Waals surface area contributed by atoms with Crippen LogP contribution in [0, 0.1) is 13.8 Å². The van der Waals surface area contributed by atoms with Gasteiger partial charge in [-0.05, 0) is 43.5 Å². The first-order valence-corrected chi connectivity index (χ1v) is 9.35. The van der Waals surface area contributed by atoms with Crippen molar-refractivity contribution >= 4 is 10.0 Å². The van der Waals surface area contributed by atoms with Gasteiger partial charge in [0.25, 0.3) is 0 Å². The smallest absolute Gasteiger partial charge is 0.243 e. The maximum atomic E-state index is 12.9. The highest BCUT2D eigenvalue weighted by atomic mass is 32.2. The quantitative estimate of drug-likeness (QED) is 0.862. The number of sulfonamides is 1. The lowest BCUT2D eigenvalue weighted by Crippen LogP contribution is -3.12. The number of benzene rings is 1. The highest BCUT2D eigenvalue weighted by molar-refractivity contribution is 7.89. The van der Waals surface area contributed by atoms with Gasteiger partial charge < -0.3 is 9.64 Å². The number of hydrogen-bond acceptors (Lipinski definition) is 3. The normalized spacial score (nSPS) is 17.6. The molecule has 124 valence electrons. The maximum Gasteiger partial charge on any atom is 0.243 e. The van der Waals surface area contributed by atoms with Gasteiger partial charge in [0.05, 0.1) is 44.7 Å². The molecule has 1 heterocycles. The van der Waals surface area contributed by atoms with E-state index in [4.69, 9.17) is 4.74 Å². The first kappa shape index (κ1) is 17.2. The number of piperazine rings is 1. The topological polar surface area (TPSA) is 51.1 Å². The van der Waals surface area contributed by atoms with Crippen molar-refractivity contribution in [1.29, 1.82) is 0 Å². The summed E-state index contributed by atoms with van der Waals surface area (Å²) in [5, 5.41) is 0. The fourth-order valence-corrected chi connectivity index (χ4v) is 4.39. The van der Waals surface area contributed by atoms with Gasteiger partial charge in [0, 0.05) is 0 Å². The minimum Gasteiger partial charge on any atom is -0.493 e. The fourth-order valence-electron chi connectivity index (χ4n) is 2.66. The van der Waals surface area contributed by atoms with Crippen molar-refractivity contribution in [2.75, 3.05) is 39.8 Å². The second-order valence-corrected chi connectivity index (χ2v) is 8.00. The molecule has 22 heavy (non-hydrogen) atoms. The van der Waals surface area contributed by atoms with Crippen LogP contribution in [0.25, 0.3) is 0 Å². The summed E-state index contributed by atoms with van der Waals surface area (Å²) in [5.74, 6) is 0.779. The lowest BCUT2D eigenvalue weighted by molar-refractivity contribution is -0.883. The third kappa shape index (κ3) is 3.62. The average molecular weight is 327 g/mol. The average Bonchev–Trinajstić information content (AvgIpc) is 2.48. The molecule has 1 saturated heterocycles. The molecule has 0 amide bonds. The van der Waals surface area contributed by atoms with Gasteiger partial charge in [-0.25, -0.2) is 8.42 Å². The third-order valence-electron chi connectivity index (χ3n) is 4.13. The molecule has 0 atom stereocenters. The molecular weight excluding hydrogens is 300 g/mol. The molecule has 0 aliphatic carbocycles. The summed E-state index contributed by atoms with van der Waals surface area (Å²) in [7, 11) is -1.32. The van der Waals surface area contributed by atoms with Crippen LogP contribution in [0.2, 0.25) is 0 Å². The second kappa shape index (κ2) is 6.98. The maximum absolute atomic E-state index is 12.9. The van der Waals surface area contributed by atoms with Crippen molar-refractivity contribution in [3.05, 3.63) is 23.3 Å². The van der Waals surface area contributed by atoms with E-state index in [-0.39, 0.29) is 0 Å². The number of nitrogens with zero attached hydrogens (tertiary/aromatic N) is 1. The summed E-state index contributed by atoms with van der Waals surface area (Å²) in [4.78, 5) is 1.79. The van der Waals surface area contributed by atoms with Gasteiger partial charge in [0.15, 0.2) is 0 Å². The number of nitrogens with one attached hydrogen (secondary N) is 1. The number of rotatable bonds is 5. The molecule has 0 aromatic heterocycles. The van der Waals surface area contributed by atoms with Crippen LogP contribution in [-0.4, -0.2) is 52.6 Å². The third-order valence-corrected chi connectivity index (χ3v) is 6.17. The summed E-state index contributed by atoms with van der Waals surface area (Å²) in [5.41, 5.74) is 1.63. The van der Waals surface area contributed by atoms with Crippen LogP contribution in [0.1, 0.15) is 24.5 Å². The van der Waals surface area contributed by atoms with E-state index in [9.17, 15) is 8.42 Å². The lowest BCUT2D eigenvalue weighted by atomic mass is 10.1. The minimum atomic E-state index is -3.41. The molecule has 5 nitrogen and oxygen atoms in total. The van der Waals surface area contributed by atoms with E-state index >= 15 is 0 Å². The highest BCUT2D eigenvalue weighted by Gasteiger charge is 2.30. The zero-order chi connectivity index (χ0) is 16.3. The van der Waals surface area contributed by atoms with Crippen LogP contribution < -0.4 is 9.64 Å². The summed E-state index contributed by atoms with van der Waals surface area (Å²) < 4.78 is 33.0. The van der Waals surface area contributed by atoms with E-state index in [1.807, 2.05) is 19.9 Å². The van der Waals surface area contributed by atoms with Crippen molar-refractivity contribution in [1.82, 2.24) is 4.31 Å². The van der Waals surface area contributed by atoms with Gasteiger partial charge in [-0.2, -0.15) is 4.31 Å². The van der Waals surface area contributed by atoms with Gasteiger partial charge in [0.2, 0.25) is 10.0 Å². The number of aryl methyl sites for hydroxylation is 2. The molecule has 0 spiro atoms. The van der Waals surface area contributed by atoms with Crippen LogP contribution in [0.5, 0.6) is 5.75 Å². The van der Waals surface area contributed by atoms with Crippen LogP contribution in [0.15, 0.2) is 17.0 Å². The number of quaternary nitrogens is 1. The number of ether oxygens (including phenoxy) is 1. The standard InChI is InChI=1S/C16H26N2O3S/c1-5-10-21-15-11-14(3)16(12-13(15)2)22(19,20)18-8-6-17(4)7-9-18/h11-12H,5-10H2,1-4H3/p+1. The van der Waals surface area contributed by atoms with E-state index in [0.717, 1.165) is 36.4 Å². The Balaban J connectivity index is 2.29. The van der Waals surface area contributed by atoms with Crippen molar-refractivity contribution in [2.45, 2.75) is 32.1 Å². The van der Waals surface area contributed by atoms with Crippen molar-refractivity contribution < 1.29 is 18.1 Å². The van der Waals surface area contributed by atoms with E-state index in [2.05, 4.69) is 14.0 Å². The predicted molar refractivity (Wildman–Crippen MR) is 87.1 cm³/mol. The Hall–Kier alpha value is -1.11. The Labute approximate surface area is 133 Å². The number of likely N-dealkylation sites (N-methyl/N-ethyl adjacent to an activating group) is 1. The summed E-state index contributed by atoms with van der Waals surface area (Å²) >= 11 is 0. The SMILES string of the molecule is CCCOc1cc(C)c(S(=O)(=O)N2CC[NH+](C)CC2)cc1C. The number of hydrogen-bond donors (Lipinski definition) is 1. The summed E-state index contributed by atoms with van der Waals surface area (Å²) in [6.45, 7) is 9.32. The molecule has 1 aliphatic rings. The van der Waals surface area contributed by atoms with Crippen LogP contribution in [0.4, 0.5) is 0 Å². The zero-order valence-corrected chi connectivity index (χ0v) is 14.8. The van der Waals surface area contributed by atoms with Crippen molar-refractivity contribution in [3.8, 4) is 5.75 Å². The van der Waals surface area contributed by atoms with E-state index in [0.29, 0.717) is 24.6 Å². The molecule has 1 aromatic rings. The van der Waals surface area contributed by atoms with Gasteiger partial charge in [-0.3, -0.25) is 0 Å². The summed E-state index contributed by atoms with van der Waals surface area (Å²) in [6, 6.07) is 3.60. The molecule has 1 fully saturated rings. The van der Waals surface area contributed by atoms with Gasteiger partial charge >= 0.3 is 0 Å². The second-order valence-electron chi connectivity index (χ2n) is 6.09. The fraction of sp³-hybridized carbons (Fsp3) is 0.625. The molecule has 0 bridgehead atoms. The molecule has 1 N–H and O–H groups in total. The van der Waals surface area contributed by atoms with Crippen molar-refractivity contribution in [3.63, 3.8) is 0 Å².